The zero-order valence-electron chi connectivity index (χ0n) is 8.62. The Hall–Kier alpha value is -0.510. The molecule has 0 spiro atoms. The quantitative estimate of drug-likeness (QED) is 0.705. The Morgan fingerprint density at radius 2 is 2.29 bits per heavy atom. The van der Waals surface area contributed by atoms with Crippen molar-refractivity contribution in [2.45, 2.75) is 18.4 Å². The summed E-state index contributed by atoms with van der Waals surface area (Å²) >= 11 is 1.92. The summed E-state index contributed by atoms with van der Waals surface area (Å²) in [6, 6.07) is 6.64. The number of hydrogen-bond donors (Lipinski definition) is 0. The molecule has 0 N–H and O–H groups in total. The number of fused-ring (bicyclic) bond motifs is 1. The van der Waals surface area contributed by atoms with Crippen molar-refractivity contribution in [3.63, 3.8) is 0 Å². The number of nitrogens with zero attached hydrogens (tertiary/aromatic N) is 1. The molecular weight excluding hydrogens is 194 g/mol. The predicted molar refractivity (Wildman–Crippen MR) is 59.3 cm³/mol. The molecule has 76 valence electrons. The van der Waals surface area contributed by atoms with Crippen LogP contribution in [0.3, 0.4) is 0 Å². The molecule has 1 heterocycles. The summed E-state index contributed by atoms with van der Waals surface area (Å²) in [6.45, 7) is 4.03. The summed E-state index contributed by atoms with van der Waals surface area (Å²) in [5, 5.41) is 2.01. The Labute approximate surface area is 89.2 Å². The molecular formula is C11H15NOS. The van der Waals surface area contributed by atoms with E-state index in [0.29, 0.717) is 0 Å². The van der Waals surface area contributed by atoms with E-state index < -0.39 is 0 Å². The molecule has 0 amide bonds. The minimum Gasteiger partial charge on any atom is -0.302 e. The average molecular weight is 209 g/mol. The van der Waals surface area contributed by atoms with Gasteiger partial charge in [0, 0.05) is 17.2 Å². The van der Waals surface area contributed by atoms with Crippen molar-refractivity contribution >= 4 is 11.8 Å². The van der Waals surface area contributed by atoms with Gasteiger partial charge in [-0.15, -0.1) is 11.8 Å². The number of benzene rings is 1. The summed E-state index contributed by atoms with van der Waals surface area (Å²) in [6.07, 6.45) is 0. The van der Waals surface area contributed by atoms with Gasteiger partial charge in [0.1, 0.15) is 0 Å². The van der Waals surface area contributed by atoms with Gasteiger partial charge in [-0.3, -0.25) is 0 Å². The third kappa shape index (κ3) is 2.11. The van der Waals surface area contributed by atoms with Gasteiger partial charge in [-0.1, -0.05) is 17.7 Å². The standard InChI is InChI=1S/C11H15NOS/c1-9-3-4-11-10(7-9)8-12(13-2)5-6-14-11/h3-4,7H,5-6,8H2,1-2H3. The Kier molecular flexibility index (Phi) is 3.11. The molecule has 1 aromatic rings. The van der Waals surface area contributed by atoms with Gasteiger partial charge in [0.25, 0.3) is 0 Å². The zero-order chi connectivity index (χ0) is 9.97. The van der Waals surface area contributed by atoms with Crippen molar-refractivity contribution in [1.29, 1.82) is 0 Å². The average Bonchev–Trinajstić information content (AvgIpc) is 2.38. The van der Waals surface area contributed by atoms with Crippen molar-refractivity contribution in [3.05, 3.63) is 29.3 Å². The highest BCUT2D eigenvalue weighted by atomic mass is 32.2. The molecule has 0 aliphatic carbocycles. The van der Waals surface area contributed by atoms with E-state index in [1.807, 2.05) is 16.8 Å². The normalized spacial score (nSPS) is 17.6. The second kappa shape index (κ2) is 4.34. The lowest BCUT2D eigenvalue weighted by molar-refractivity contribution is -0.134. The van der Waals surface area contributed by atoms with Crippen molar-refractivity contribution in [1.82, 2.24) is 5.06 Å². The van der Waals surface area contributed by atoms with Crippen LogP contribution in [0.25, 0.3) is 0 Å². The van der Waals surface area contributed by atoms with Gasteiger partial charge in [0.05, 0.1) is 13.7 Å². The highest BCUT2D eigenvalue weighted by molar-refractivity contribution is 7.99. The molecule has 0 fully saturated rings. The maximum Gasteiger partial charge on any atom is 0.0575 e. The van der Waals surface area contributed by atoms with Crippen LogP contribution < -0.4 is 0 Å². The second-order valence-corrected chi connectivity index (χ2v) is 4.64. The van der Waals surface area contributed by atoms with E-state index in [-0.39, 0.29) is 0 Å². The fourth-order valence-electron chi connectivity index (χ4n) is 1.65. The third-order valence-electron chi connectivity index (χ3n) is 2.42. The fourth-order valence-corrected chi connectivity index (χ4v) is 2.64. The van der Waals surface area contributed by atoms with Crippen LogP contribution in [0.1, 0.15) is 11.1 Å². The first-order valence-corrected chi connectivity index (χ1v) is 5.79. The lowest BCUT2D eigenvalue weighted by atomic mass is 10.1. The molecule has 0 atom stereocenters. The summed E-state index contributed by atoms with van der Waals surface area (Å²) < 4.78 is 0. The number of hydrogen-bond acceptors (Lipinski definition) is 3. The topological polar surface area (TPSA) is 12.5 Å². The molecule has 2 rings (SSSR count). The van der Waals surface area contributed by atoms with Gasteiger partial charge in [-0.05, 0) is 18.6 Å². The Balaban J connectivity index is 2.28. The summed E-state index contributed by atoms with van der Waals surface area (Å²) in [7, 11) is 1.74. The van der Waals surface area contributed by atoms with E-state index >= 15 is 0 Å². The van der Waals surface area contributed by atoms with E-state index in [1.165, 1.54) is 16.0 Å². The molecule has 0 unspecified atom stereocenters. The van der Waals surface area contributed by atoms with Gasteiger partial charge < -0.3 is 4.84 Å². The second-order valence-electron chi connectivity index (χ2n) is 3.51. The molecule has 1 aliphatic heterocycles. The highest BCUT2D eigenvalue weighted by Crippen LogP contribution is 2.27. The van der Waals surface area contributed by atoms with Crippen LogP contribution in [0.5, 0.6) is 0 Å². The van der Waals surface area contributed by atoms with Gasteiger partial charge in [0.2, 0.25) is 0 Å². The molecule has 0 saturated heterocycles. The third-order valence-corrected chi connectivity index (χ3v) is 3.52. The number of thioether (sulfide) groups is 1. The lowest BCUT2D eigenvalue weighted by Crippen LogP contribution is -2.22. The molecule has 0 saturated carbocycles. The van der Waals surface area contributed by atoms with E-state index in [9.17, 15) is 0 Å². The largest absolute Gasteiger partial charge is 0.302 e. The van der Waals surface area contributed by atoms with Crippen LogP contribution in [-0.4, -0.2) is 24.5 Å². The van der Waals surface area contributed by atoms with Crippen molar-refractivity contribution in [3.8, 4) is 0 Å². The maximum absolute atomic E-state index is 5.29. The zero-order valence-corrected chi connectivity index (χ0v) is 9.43. The van der Waals surface area contributed by atoms with Crippen LogP contribution in [0.2, 0.25) is 0 Å². The van der Waals surface area contributed by atoms with Crippen LogP contribution in [0, 0.1) is 6.92 Å². The monoisotopic (exact) mass is 209 g/mol. The number of rotatable bonds is 1. The molecule has 1 aliphatic rings. The molecule has 0 aromatic heterocycles. The predicted octanol–water partition coefficient (Wildman–Crippen LogP) is 2.46. The molecule has 3 heteroatoms. The van der Waals surface area contributed by atoms with Gasteiger partial charge >= 0.3 is 0 Å². The van der Waals surface area contributed by atoms with Crippen LogP contribution in [0.15, 0.2) is 23.1 Å². The minimum atomic E-state index is 0.903. The molecule has 0 bridgehead atoms. The fraction of sp³-hybridized carbons (Fsp3) is 0.455. The Morgan fingerprint density at radius 3 is 3.07 bits per heavy atom. The van der Waals surface area contributed by atoms with Crippen molar-refractivity contribution in [2.75, 3.05) is 19.4 Å². The minimum absolute atomic E-state index is 0.903. The number of hydroxylamine groups is 2. The Bertz CT molecular complexity index is 327. The van der Waals surface area contributed by atoms with Gasteiger partial charge in [-0.25, -0.2) is 0 Å². The molecule has 2 nitrogen and oxygen atoms in total. The van der Waals surface area contributed by atoms with E-state index in [2.05, 4.69) is 25.1 Å². The van der Waals surface area contributed by atoms with Gasteiger partial charge in [0.15, 0.2) is 0 Å². The van der Waals surface area contributed by atoms with Crippen LogP contribution >= 0.6 is 11.8 Å². The first-order chi connectivity index (χ1) is 6.79. The molecule has 0 radical (unpaired) electrons. The van der Waals surface area contributed by atoms with Crippen molar-refractivity contribution in [2.24, 2.45) is 0 Å². The maximum atomic E-state index is 5.29. The number of aryl methyl sites for hydroxylation is 1. The lowest BCUT2D eigenvalue weighted by Gasteiger charge is -2.16. The SMILES string of the molecule is CON1CCSc2ccc(C)cc2C1. The van der Waals surface area contributed by atoms with E-state index in [1.54, 1.807) is 7.11 Å². The van der Waals surface area contributed by atoms with Gasteiger partial charge in [-0.2, -0.15) is 5.06 Å². The summed E-state index contributed by atoms with van der Waals surface area (Å²) in [5.41, 5.74) is 2.71. The smallest absolute Gasteiger partial charge is 0.0575 e. The van der Waals surface area contributed by atoms with E-state index in [4.69, 9.17) is 4.84 Å². The molecule has 14 heavy (non-hydrogen) atoms. The summed E-state index contributed by atoms with van der Waals surface area (Å²) in [5.74, 6) is 1.10. The highest BCUT2D eigenvalue weighted by Gasteiger charge is 2.13. The van der Waals surface area contributed by atoms with Crippen molar-refractivity contribution < 1.29 is 4.84 Å². The first kappa shape index (κ1) is 10.0. The van der Waals surface area contributed by atoms with Crippen LogP contribution in [0.4, 0.5) is 0 Å². The molecule has 1 aromatic carbocycles. The first-order valence-electron chi connectivity index (χ1n) is 4.81. The van der Waals surface area contributed by atoms with Crippen LogP contribution in [-0.2, 0) is 11.4 Å². The summed E-state index contributed by atoms with van der Waals surface area (Å²) in [4.78, 5) is 6.69. The Morgan fingerprint density at radius 1 is 1.43 bits per heavy atom. The van der Waals surface area contributed by atoms with E-state index in [0.717, 1.165) is 18.8 Å².